The SMILES string of the molecule is NNc1cc(S(=O)(=O)Nc2cn[nH]c2)ccc1[N+](=O)[O-]. The molecule has 0 amide bonds. The molecule has 0 saturated carbocycles. The average molecular weight is 298 g/mol. The lowest BCUT2D eigenvalue weighted by Gasteiger charge is -2.08. The van der Waals surface area contributed by atoms with Gasteiger partial charge in [0.2, 0.25) is 0 Å². The summed E-state index contributed by atoms with van der Waals surface area (Å²) in [5, 5.41) is 16.8. The molecule has 20 heavy (non-hydrogen) atoms. The first-order chi connectivity index (χ1) is 9.44. The number of sulfonamides is 1. The number of hydrogen-bond donors (Lipinski definition) is 4. The predicted octanol–water partition coefficient (Wildman–Crippen LogP) is 0.404. The summed E-state index contributed by atoms with van der Waals surface area (Å²) in [4.78, 5) is 9.89. The molecule has 1 aromatic carbocycles. The van der Waals surface area contributed by atoms with Crippen LogP contribution in [0.15, 0.2) is 35.5 Å². The van der Waals surface area contributed by atoms with E-state index in [0.29, 0.717) is 0 Å². The number of nitrogens with zero attached hydrogens (tertiary/aromatic N) is 2. The van der Waals surface area contributed by atoms with Crippen LogP contribution in [0.5, 0.6) is 0 Å². The van der Waals surface area contributed by atoms with Gasteiger partial charge >= 0.3 is 0 Å². The van der Waals surface area contributed by atoms with Crippen LogP contribution >= 0.6 is 0 Å². The fourth-order valence-corrected chi connectivity index (χ4v) is 2.54. The molecule has 2 aromatic rings. The minimum Gasteiger partial charge on any atom is -0.318 e. The fourth-order valence-electron chi connectivity index (χ4n) is 1.48. The number of hydrazine groups is 1. The van der Waals surface area contributed by atoms with E-state index in [0.717, 1.165) is 18.2 Å². The van der Waals surface area contributed by atoms with E-state index in [9.17, 15) is 18.5 Å². The van der Waals surface area contributed by atoms with Crippen LogP contribution < -0.4 is 16.0 Å². The van der Waals surface area contributed by atoms with Crippen molar-refractivity contribution in [1.29, 1.82) is 0 Å². The number of nitrogen functional groups attached to an aromatic ring is 1. The summed E-state index contributed by atoms with van der Waals surface area (Å²) in [7, 11) is -3.89. The predicted molar refractivity (Wildman–Crippen MR) is 70.3 cm³/mol. The number of nitro benzene ring substituents is 1. The molecule has 5 N–H and O–H groups in total. The van der Waals surface area contributed by atoms with Crippen molar-refractivity contribution in [2.24, 2.45) is 5.84 Å². The van der Waals surface area contributed by atoms with Gasteiger partial charge in [0, 0.05) is 12.3 Å². The average Bonchev–Trinajstić information content (AvgIpc) is 2.89. The number of hydrogen-bond acceptors (Lipinski definition) is 7. The van der Waals surface area contributed by atoms with Gasteiger partial charge in [0.15, 0.2) is 0 Å². The molecule has 0 saturated heterocycles. The maximum Gasteiger partial charge on any atom is 0.293 e. The summed E-state index contributed by atoms with van der Waals surface area (Å²) < 4.78 is 26.4. The second-order valence-corrected chi connectivity index (χ2v) is 5.36. The minimum absolute atomic E-state index is 0.106. The van der Waals surface area contributed by atoms with Gasteiger partial charge in [0.05, 0.1) is 21.7 Å². The van der Waals surface area contributed by atoms with E-state index in [2.05, 4.69) is 20.3 Å². The number of nitrogens with one attached hydrogen (secondary N) is 3. The molecule has 0 spiro atoms. The summed E-state index contributed by atoms with van der Waals surface area (Å²) in [5.41, 5.74) is 1.91. The van der Waals surface area contributed by atoms with Gasteiger partial charge in [-0.25, -0.2) is 8.42 Å². The molecule has 0 radical (unpaired) electrons. The van der Waals surface area contributed by atoms with E-state index < -0.39 is 14.9 Å². The van der Waals surface area contributed by atoms with Crippen LogP contribution in [0, 0.1) is 10.1 Å². The Kier molecular flexibility index (Phi) is 3.54. The maximum absolute atomic E-state index is 12.1. The number of rotatable bonds is 5. The Bertz CT molecular complexity index is 727. The van der Waals surface area contributed by atoms with Crippen molar-refractivity contribution in [2.45, 2.75) is 4.90 Å². The highest BCUT2D eigenvalue weighted by molar-refractivity contribution is 7.92. The number of aromatic amines is 1. The molecule has 0 bridgehead atoms. The van der Waals surface area contributed by atoms with Crippen LogP contribution in [0.25, 0.3) is 0 Å². The molecule has 0 unspecified atom stereocenters. The minimum atomic E-state index is -3.89. The van der Waals surface area contributed by atoms with Crippen molar-refractivity contribution in [3.8, 4) is 0 Å². The molecule has 0 aliphatic carbocycles. The third kappa shape index (κ3) is 2.67. The number of nitro groups is 1. The highest BCUT2D eigenvalue weighted by Gasteiger charge is 2.20. The summed E-state index contributed by atoms with van der Waals surface area (Å²) in [6.45, 7) is 0. The fraction of sp³-hybridized carbons (Fsp3) is 0. The van der Waals surface area contributed by atoms with Crippen LogP contribution in [0.3, 0.4) is 0 Å². The lowest BCUT2D eigenvalue weighted by molar-refractivity contribution is -0.384. The number of benzene rings is 1. The van der Waals surface area contributed by atoms with Gasteiger partial charge in [0.25, 0.3) is 15.7 Å². The third-order valence-corrected chi connectivity index (χ3v) is 3.76. The van der Waals surface area contributed by atoms with Crippen molar-refractivity contribution in [1.82, 2.24) is 10.2 Å². The van der Waals surface area contributed by atoms with Crippen molar-refractivity contribution >= 4 is 27.1 Å². The first-order valence-electron chi connectivity index (χ1n) is 5.20. The van der Waals surface area contributed by atoms with Crippen LogP contribution in [0.4, 0.5) is 17.1 Å². The molecule has 2 rings (SSSR count). The van der Waals surface area contributed by atoms with E-state index in [1.54, 1.807) is 0 Å². The monoisotopic (exact) mass is 298 g/mol. The van der Waals surface area contributed by atoms with Gasteiger partial charge in [-0.3, -0.25) is 25.8 Å². The highest BCUT2D eigenvalue weighted by Crippen LogP contribution is 2.27. The van der Waals surface area contributed by atoms with Gasteiger partial charge in [0.1, 0.15) is 5.69 Å². The largest absolute Gasteiger partial charge is 0.318 e. The molecule has 1 aromatic heterocycles. The third-order valence-electron chi connectivity index (χ3n) is 2.38. The molecule has 0 fully saturated rings. The Morgan fingerprint density at radius 1 is 1.40 bits per heavy atom. The number of nitrogens with two attached hydrogens (primary N) is 1. The second-order valence-electron chi connectivity index (χ2n) is 3.67. The van der Waals surface area contributed by atoms with Crippen molar-refractivity contribution in [3.05, 3.63) is 40.7 Å². The van der Waals surface area contributed by atoms with Crippen molar-refractivity contribution < 1.29 is 13.3 Å². The standard InChI is InChI=1S/C9H10N6O4S/c10-13-8-3-7(1-2-9(8)15(16)17)20(18,19)14-6-4-11-12-5-6/h1-5,13-14H,10H2,(H,11,12). The van der Waals surface area contributed by atoms with E-state index in [1.807, 2.05) is 0 Å². The molecule has 106 valence electrons. The maximum atomic E-state index is 12.1. The lowest BCUT2D eigenvalue weighted by Crippen LogP contribution is -2.14. The smallest absolute Gasteiger partial charge is 0.293 e. The zero-order valence-electron chi connectivity index (χ0n) is 9.90. The first-order valence-corrected chi connectivity index (χ1v) is 6.69. The van der Waals surface area contributed by atoms with Crippen LogP contribution in [0.2, 0.25) is 0 Å². The zero-order chi connectivity index (χ0) is 14.8. The number of anilines is 2. The summed E-state index contributed by atoms with van der Waals surface area (Å²) in [6, 6.07) is 3.24. The van der Waals surface area contributed by atoms with Crippen LogP contribution in [-0.2, 0) is 10.0 Å². The topological polar surface area (TPSA) is 156 Å². The zero-order valence-corrected chi connectivity index (χ0v) is 10.7. The molecular weight excluding hydrogens is 288 g/mol. The lowest BCUT2D eigenvalue weighted by atomic mass is 10.3. The van der Waals surface area contributed by atoms with Gasteiger partial charge < -0.3 is 5.43 Å². The van der Waals surface area contributed by atoms with Crippen molar-refractivity contribution in [2.75, 3.05) is 10.1 Å². The van der Waals surface area contributed by atoms with Gasteiger partial charge in [-0.05, 0) is 12.1 Å². The quantitative estimate of drug-likeness (QED) is 0.353. The molecule has 11 heteroatoms. The Morgan fingerprint density at radius 3 is 2.70 bits per heavy atom. The molecule has 0 atom stereocenters. The van der Waals surface area contributed by atoms with Crippen molar-refractivity contribution in [3.63, 3.8) is 0 Å². The summed E-state index contributed by atoms with van der Waals surface area (Å²) >= 11 is 0. The van der Waals surface area contributed by atoms with E-state index >= 15 is 0 Å². The summed E-state index contributed by atoms with van der Waals surface area (Å²) in [5.74, 6) is 5.15. The van der Waals surface area contributed by atoms with E-state index in [4.69, 9.17) is 5.84 Å². The Hall–Kier alpha value is -2.66. The molecule has 10 nitrogen and oxygen atoms in total. The number of aromatic nitrogens is 2. The Balaban J connectivity index is 2.40. The normalized spacial score (nSPS) is 11.1. The highest BCUT2D eigenvalue weighted by atomic mass is 32.2. The van der Waals surface area contributed by atoms with Crippen LogP contribution in [0.1, 0.15) is 0 Å². The first kappa shape index (κ1) is 13.8. The number of H-pyrrole nitrogens is 1. The Labute approximate surface area is 113 Å². The second kappa shape index (κ2) is 5.14. The molecule has 0 aliphatic heterocycles. The van der Waals surface area contributed by atoms with Crippen LogP contribution in [-0.4, -0.2) is 23.5 Å². The Morgan fingerprint density at radius 2 is 2.15 bits per heavy atom. The van der Waals surface area contributed by atoms with Gasteiger partial charge in [-0.15, -0.1) is 0 Å². The van der Waals surface area contributed by atoms with E-state index in [1.165, 1.54) is 12.4 Å². The summed E-state index contributed by atoms with van der Waals surface area (Å²) in [6.07, 6.45) is 2.63. The van der Waals surface area contributed by atoms with E-state index in [-0.39, 0.29) is 22.0 Å². The van der Waals surface area contributed by atoms with Gasteiger partial charge in [-0.2, -0.15) is 5.10 Å². The van der Waals surface area contributed by atoms with Gasteiger partial charge in [-0.1, -0.05) is 0 Å². The molecule has 0 aliphatic rings. The molecular formula is C9H10N6O4S. The molecule has 1 heterocycles.